The second-order valence-electron chi connectivity index (χ2n) is 11.6. The Hall–Kier alpha value is -4.31. The van der Waals surface area contributed by atoms with E-state index in [9.17, 15) is 19.5 Å². The van der Waals surface area contributed by atoms with Crippen LogP contribution in [0.1, 0.15) is 66.1 Å². The number of nitrogens with zero attached hydrogens (tertiary/aromatic N) is 1. The molecule has 222 valence electrons. The van der Waals surface area contributed by atoms with Crippen LogP contribution in [0, 0.1) is 6.92 Å². The summed E-state index contributed by atoms with van der Waals surface area (Å²) >= 11 is 0. The molecule has 5 rings (SSSR count). The topological polar surface area (TPSA) is 128 Å². The molecule has 1 fully saturated rings. The zero-order valence-corrected chi connectivity index (χ0v) is 24.2. The number of benzene rings is 2. The van der Waals surface area contributed by atoms with Crippen LogP contribution in [-0.2, 0) is 20.8 Å². The van der Waals surface area contributed by atoms with Gasteiger partial charge in [-0.2, -0.15) is 0 Å². The molecule has 10 heteroatoms. The van der Waals surface area contributed by atoms with Crippen LogP contribution in [0.2, 0.25) is 0 Å². The number of nitrogens with one attached hydrogen (secondary N) is 1. The van der Waals surface area contributed by atoms with Gasteiger partial charge < -0.3 is 29.1 Å². The Balaban J connectivity index is 1.41. The van der Waals surface area contributed by atoms with Gasteiger partial charge in [-0.25, -0.2) is 14.4 Å². The summed E-state index contributed by atoms with van der Waals surface area (Å²) in [6.07, 6.45) is -0.784. The number of carboxylic acids is 1. The predicted molar refractivity (Wildman–Crippen MR) is 153 cm³/mol. The third-order valence-corrected chi connectivity index (χ3v) is 7.56. The summed E-state index contributed by atoms with van der Waals surface area (Å²) in [6, 6.07) is 16.5. The highest BCUT2D eigenvalue weighted by Gasteiger charge is 2.38. The summed E-state index contributed by atoms with van der Waals surface area (Å²) in [5.74, 6) is -1.17. The summed E-state index contributed by atoms with van der Waals surface area (Å²) < 4.78 is 22.5. The maximum atomic E-state index is 13.9. The molecule has 0 bridgehead atoms. The fourth-order valence-electron chi connectivity index (χ4n) is 5.66. The van der Waals surface area contributed by atoms with Gasteiger partial charge in [0.15, 0.2) is 0 Å². The number of hydrogen-bond donors (Lipinski definition) is 2. The molecule has 1 saturated heterocycles. The molecule has 1 aliphatic heterocycles. The molecule has 42 heavy (non-hydrogen) atoms. The van der Waals surface area contributed by atoms with Crippen LogP contribution in [0.3, 0.4) is 0 Å². The molecular formula is C32H36N2O8. The number of ether oxygens (including phenoxy) is 3. The lowest BCUT2D eigenvalue weighted by Crippen LogP contribution is -2.58. The Morgan fingerprint density at radius 2 is 1.69 bits per heavy atom. The molecule has 2 N–H and O–H groups in total. The highest BCUT2D eigenvalue weighted by molar-refractivity contribution is 5.84. The molecule has 2 amide bonds. The maximum Gasteiger partial charge on any atom is 0.410 e. The van der Waals surface area contributed by atoms with E-state index in [4.69, 9.17) is 18.6 Å². The number of alkyl carbamates (subject to hydrolysis) is 1. The van der Waals surface area contributed by atoms with E-state index in [-0.39, 0.29) is 31.4 Å². The first kappa shape index (κ1) is 29.2. The molecule has 0 unspecified atom stereocenters. The number of carbonyl (C=O) groups excluding carboxylic acids is 2. The lowest BCUT2D eigenvalue weighted by Gasteiger charge is -2.39. The van der Waals surface area contributed by atoms with Gasteiger partial charge in [-0.05, 0) is 62.4 Å². The molecule has 0 spiro atoms. The number of furan rings is 1. The highest BCUT2D eigenvalue weighted by Crippen LogP contribution is 2.44. The van der Waals surface area contributed by atoms with Crippen molar-refractivity contribution in [1.29, 1.82) is 0 Å². The van der Waals surface area contributed by atoms with Gasteiger partial charge in [-0.15, -0.1) is 0 Å². The van der Waals surface area contributed by atoms with Crippen LogP contribution in [0.15, 0.2) is 59.0 Å². The van der Waals surface area contributed by atoms with Crippen molar-refractivity contribution in [2.45, 2.75) is 64.3 Å². The van der Waals surface area contributed by atoms with Crippen molar-refractivity contribution in [3.8, 4) is 11.1 Å². The van der Waals surface area contributed by atoms with E-state index in [1.54, 1.807) is 27.7 Å². The molecule has 0 radical (unpaired) electrons. The van der Waals surface area contributed by atoms with Crippen LogP contribution in [0.25, 0.3) is 11.1 Å². The normalized spacial score (nSPS) is 18.1. The summed E-state index contributed by atoms with van der Waals surface area (Å²) in [4.78, 5) is 39.7. The number of fused-ring (bicyclic) bond motifs is 3. The average Bonchev–Trinajstić information content (AvgIpc) is 3.47. The number of hydrogen-bond acceptors (Lipinski definition) is 7. The standard InChI is InChI=1S/C32H36N2O8/c1-19-20(15-28(41-19)29(35)36)16-34(27-13-14-39-18-26(27)33-30(37)42-32(2,3)4)31(38)40-17-25-23-11-7-5-9-21(23)22-10-6-8-12-24(22)25/h5-12,15,25-27H,13-14,16-18H2,1-4H3,(H,33,37)(H,35,36)/t26-,27+/m1/s1. The van der Waals surface area contributed by atoms with E-state index in [1.807, 2.05) is 36.4 Å². The average molecular weight is 577 g/mol. The largest absolute Gasteiger partial charge is 0.475 e. The maximum absolute atomic E-state index is 13.9. The number of rotatable bonds is 7. The Labute approximate surface area is 244 Å². The predicted octanol–water partition coefficient (Wildman–Crippen LogP) is 5.72. The molecular weight excluding hydrogens is 540 g/mol. The van der Waals surface area contributed by atoms with Gasteiger partial charge in [-0.1, -0.05) is 48.5 Å². The van der Waals surface area contributed by atoms with Gasteiger partial charge in [0.2, 0.25) is 5.76 Å². The third-order valence-electron chi connectivity index (χ3n) is 7.56. The fourth-order valence-corrected chi connectivity index (χ4v) is 5.66. The molecule has 2 aliphatic rings. The minimum atomic E-state index is -1.20. The Morgan fingerprint density at radius 1 is 1.05 bits per heavy atom. The molecule has 2 atom stereocenters. The van der Waals surface area contributed by atoms with Gasteiger partial charge in [-0.3, -0.25) is 4.90 Å². The summed E-state index contributed by atoms with van der Waals surface area (Å²) in [5, 5.41) is 12.3. The quantitative estimate of drug-likeness (QED) is 0.366. The minimum absolute atomic E-state index is 0.0243. The summed E-state index contributed by atoms with van der Waals surface area (Å²) in [6.45, 7) is 7.64. The first-order chi connectivity index (χ1) is 20.0. The second-order valence-corrected chi connectivity index (χ2v) is 11.6. The molecule has 3 aromatic rings. The van der Waals surface area contributed by atoms with Crippen LogP contribution >= 0.6 is 0 Å². The first-order valence-corrected chi connectivity index (χ1v) is 14.0. The molecule has 1 aromatic heterocycles. The van der Waals surface area contributed by atoms with Crippen molar-refractivity contribution in [3.05, 3.63) is 82.8 Å². The summed E-state index contributed by atoms with van der Waals surface area (Å²) in [5.41, 5.74) is 4.24. The van der Waals surface area contributed by atoms with Crippen molar-refractivity contribution < 1.29 is 38.1 Å². The van der Waals surface area contributed by atoms with Gasteiger partial charge in [0.25, 0.3) is 0 Å². The number of amides is 2. The third kappa shape index (κ3) is 6.28. The van der Waals surface area contributed by atoms with E-state index < -0.39 is 35.8 Å². The second kappa shape index (κ2) is 11.9. The minimum Gasteiger partial charge on any atom is -0.475 e. The SMILES string of the molecule is Cc1oc(C(=O)O)cc1CN(C(=O)OCC1c2ccccc2-c2ccccc21)[C@H]1CCOC[C@H]1NC(=O)OC(C)(C)C. The van der Waals surface area contributed by atoms with E-state index in [1.165, 1.54) is 11.0 Å². The molecule has 10 nitrogen and oxygen atoms in total. The number of aromatic carboxylic acids is 1. The van der Waals surface area contributed by atoms with Crippen molar-refractivity contribution in [2.75, 3.05) is 19.8 Å². The fraction of sp³-hybridized carbons (Fsp3) is 0.406. The summed E-state index contributed by atoms with van der Waals surface area (Å²) in [7, 11) is 0. The van der Waals surface area contributed by atoms with E-state index >= 15 is 0 Å². The van der Waals surface area contributed by atoms with Crippen LogP contribution in [0.4, 0.5) is 9.59 Å². The van der Waals surface area contributed by atoms with Gasteiger partial charge in [0.05, 0.1) is 25.2 Å². The monoisotopic (exact) mass is 576 g/mol. The number of aryl methyl sites for hydroxylation is 1. The van der Waals surface area contributed by atoms with Crippen molar-refractivity contribution in [3.63, 3.8) is 0 Å². The van der Waals surface area contributed by atoms with Crippen molar-refractivity contribution in [2.24, 2.45) is 0 Å². The lowest BCUT2D eigenvalue weighted by molar-refractivity contribution is -0.00714. The van der Waals surface area contributed by atoms with E-state index in [0.717, 1.165) is 22.3 Å². The van der Waals surface area contributed by atoms with E-state index in [0.29, 0.717) is 24.4 Å². The number of carboxylic acid groups (broad SMARTS) is 1. The molecule has 2 heterocycles. The smallest absolute Gasteiger partial charge is 0.410 e. The Bertz CT molecular complexity index is 1430. The molecule has 2 aromatic carbocycles. The Kier molecular flexibility index (Phi) is 8.27. The van der Waals surface area contributed by atoms with Crippen LogP contribution in [0.5, 0.6) is 0 Å². The zero-order valence-electron chi connectivity index (χ0n) is 24.2. The van der Waals surface area contributed by atoms with Crippen LogP contribution < -0.4 is 5.32 Å². The van der Waals surface area contributed by atoms with Gasteiger partial charge >= 0.3 is 18.2 Å². The first-order valence-electron chi connectivity index (χ1n) is 14.0. The van der Waals surface area contributed by atoms with Crippen molar-refractivity contribution in [1.82, 2.24) is 10.2 Å². The van der Waals surface area contributed by atoms with Gasteiger partial charge in [0.1, 0.15) is 18.0 Å². The van der Waals surface area contributed by atoms with Crippen LogP contribution in [-0.4, -0.2) is 65.7 Å². The number of carbonyl (C=O) groups is 3. The van der Waals surface area contributed by atoms with E-state index in [2.05, 4.69) is 17.4 Å². The van der Waals surface area contributed by atoms with Gasteiger partial charge in [0, 0.05) is 18.1 Å². The lowest BCUT2D eigenvalue weighted by atomic mass is 9.98. The Morgan fingerprint density at radius 3 is 2.29 bits per heavy atom. The van der Waals surface area contributed by atoms with Crippen molar-refractivity contribution >= 4 is 18.2 Å². The zero-order chi connectivity index (χ0) is 30.0. The highest BCUT2D eigenvalue weighted by atomic mass is 16.6. The molecule has 1 aliphatic carbocycles. The molecule has 0 saturated carbocycles.